The lowest BCUT2D eigenvalue weighted by Gasteiger charge is -2.30. The van der Waals surface area contributed by atoms with Gasteiger partial charge in [0.15, 0.2) is 11.5 Å². The van der Waals surface area contributed by atoms with E-state index in [1.54, 1.807) is 6.07 Å². The third-order valence-electron chi connectivity index (χ3n) is 4.73. The molecule has 4 N–H and O–H groups in total. The number of H-pyrrole nitrogens is 1. The molecule has 0 spiro atoms. The topological polar surface area (TPSA) is 94.6 Å². The van der Waals surface area contributed by atoms with Crippen molar-refractivity contribution in [2.24, 2.45) is 0 Å². The summed E-state index contributed by atoms with van der Waals surface area (Å²) < 4.78 is 4.92. The van der Waals surface area contributed by atoms with Crippen molar-refractivity contribution in [1.82, 2.24) is 10.3 Å². The Morgan fingerprint density at radius 2 is 1.96 bits per heavy atom. The van der Waals surface area contributed by atoms with Crippen LogP contribution >= 0.6 is 0 Å². The highest BCUT2D eigenvalue weighted by Crippen LogP contribution is 2.37. The summed E-state index contributed by atoms with van der Waals surface area (Å²) >= 11 is 0. The zero-order valence-corrected chi connectivity index (χ0v) is 13.6. The molecule has 0 radical (unpaired) electrons. The van der Waals surface area contributed by atoms with Gasteiger partial charge >= 0.3 is 5.97 Å². The van der Waals surface area contributed by atoms with E-state index in [-0.39, 0.29) is 23.5 Å². The number of esters is 1. The molecule has 6 heteroatoms. The number of carbonyl (C=O) groups excluding carboxylic acids is 1. The van der Waals surface area contributed by atoms with Gasteiger partial charge in [-0.1, -0.05) is 24.3 Å². The second-order valence-corrected chi connectivity index (χ2v) is 6.19. The average molecular weight is 338 g/mol. The number of phenols is 2. The summed E-state index contributed by atoms with van der Waals surface area (Å²) in [6, 6.07) is 11.8. The molecule has 6 nitrogen and oxygen atoms in total. The van der Waals surface area contributed by atoms with Crippen LogP contribution in [0.2, 0.25) is 0 Å². The van der Waals surface area contributed by atoms with Crippen LogP contribution in [0, 0.1) is 0 Å². The lowest BCUT2D eigenvalue weighted by atomic mass is 9.90. The first-order chi connectivity index (χ1) is 12.1. The molecular weight excluding hydrogens is 320 g/mol. The van der Waals surface area contributed by atoms with Crippen LogP contribution in [-0.4, -0.2) is 34.3 Å². The standard InChI is InChI=1S/C19H18N2O4/c1-25-19(24)14-9-12-11-4-2-3-5-13(11)20-18(12)17(21-14)10-6-7-15(22)16(23)8-10/h2-8,14,17,20-23H,9H2,1H3/t14-,17?/m1/s1. The van der Waals surface area contributed by atoms with Gasteiger partial charge in [0.25, 0.3) is 0 Å². The van der Waals surface area contributed by atoms with E-state index in [9.17, 15) is 15.0 Å². The Balaban J connectivity index is 1.88. The second kappa shape index (κ2) is 5.82. The Morgan fingerprint density at radius 1 is 1.16 bits per heavy atom. The third kappa shape index (κ3) is 2.51. The van der Waals surface area contributed by atoms with E-state index in [2.05, 4.69) is 10.3 Å². The third-order valence-corrected chi connectivity index (χ3v) is 4.73. The normalized spacial score (nSPS) is 19.6. The van der Waals surface area contributed by atoms with Crippen molar-refractivity contribution in [2.45, 2.75) is 18.5 Å². The maximum atomic E-state index is 12.1. The Morgan fingerprint density at radius 3 is 2.72 bits per heavy atom. The van der Waals surface area contributed by atoms with E-state index in [1.807, 2.05) is 24.3 Å². The summed E-state index contributed by atoms with van der Waals surface area (Å²) in [6.45, 7) is 0. The number of para-hydroxylation sites is 1. The molecule has 2 heterocycles. The second-order valence-electron chi connectivity index (χ2n) is 6.19. The number of benzene rings is 2. The number of aromatic amines is 1. The SMILES string of the molecule is COC(=O)[C@H]1Cc2c([nH]c3ccccc23)C(c2ccc(O)c(O)c2)N1. The van der Waals surface area contributed by atoms with Gasteiger partial charge < -0.3 is 19.9 Å². The van der Waals surface area contributed by atoms with E-state index in [4.69, 9.17) is 4.74 Å². The van der Waals surface area contributed by atoms with Crippen molar-refractivity contribution in [3.8, 4) is 11.5 Å². The van der Waals surface area contributed by atoms with Gasteiger partial charge in [0.2, 0.25) is 0 Å². The average Bonchev–Trinajstić information content (AvgIpc) is 3.01. The van der Waals surface area contributed by atoms with Gasteiger partial charge in [-0.25, -0.2) is 0 Å². The number of methoxy groups -OCH3 is 1. The fourth-order valence-electron chi connectivity index (χ4n) is 3.51. The van der Waals surface area contributed by atoms with Gasteiger partial charge in [-0.3, -0.25) is 10.1 Å². The fraction of sp³-hybridized carbons (Fsp3) is 0.211. The molecule has 0 fully saturated rings. The quantitative estimate of drug-likeness (QED) is 0.425. The van der Waals surface area contributed by atoms with Crippen LogP contribution in [0.3, 0.4) is 0 Å². The number of carbonyl (C=O) groups is 1. The molecule has 0 bridgehead atoms. The highest BCUT2D eigenvalue weighted by molar-refractivity contribution is 5.87. The van der Waals surface area contributed by atoms with Crippen molar-refractivity contribution in [3.05, 3.63) is 59.3 Å². The number of hydrogen-bond acceptors (Lipinski definition) is 5. The van der Waals surface area contributed by atoms with Crippen LogP contribution in [0.15, 0.2) is 42.5 Å². The summed E-state index contributed by atoms with van der Waals surface area (Å²) in [7, 11) is 1.37. The van der Waals surface area contributed by atoms with Gasteiger partial charge in [0.05, 0.1) is 13.2 Å². The monoisotopic (exact) mass is 338 g/mol. The first-order valence-corrected chi connectivity index (χ1v) is 8.03. The molecule has 3 aromatic rings. The summed E-state index contributed by atoms with van der Waals surface area (Å²) in [5, 5.41) is 23.8. The largest absolute Gasteiger partial charge is 0.504 e. The number of aromatic nitrogens is 1. The number of aromatic hydroxyl groups is 2. The number of rotatable bonds is 2. The molecule has 2 aromatic carbocycles. The highest BCUT2D eigenvalue weighted by atomic mass is 16.5. The highest BCUT2D eigenvalue weighted by Gasteiger charge is 2.34. The van der Waals surface area contributed by atoms with E-state index in [0.717, 1.165) is 27.7 Å². The molecule has 0 aliphatic carbocycles. The van der Waals surface area contributed by atoms with E-state index >= 15 is 0 Å². The first kappa shape index (κ1) is 15.5. The maximum Gasteiger partial charge on any atom is 0.323 e. The van der Waals surface area contributed by atoms with Crippen LogP contribution in [0.25, 0.3) is 10.9 Å². The zero-order valence-electron chi connectivity index (χ0n) is 13.6. The minimum Gasteiger partial charge on any atom is -0.504 e. The summed E-state index contributed by atoms with van der Waals surface area (Å²) in [5.74, 6) is -0.706. The number of fused-ring (bicyclic) bond motifs is 3. The lowest BCUT2D eigenvalue weighted by Crippen LogP contribution is -2.45. The predicted octanol–water partition coefficient (Wildman–Crippen LogP) is 2.36. The minimum absolute atomic E-state index is 0.180. The van der Waals surface area contributed by atoms with Crippen molar-refractivity contribution in [3.63, 3.8) is 0 Å². The van der Waals surface area contributed by atoms with Crippen LogP contribution in [0.5, 0.6) is 11.5 Å². The predicted molar refractivity (Wildman–Crippen MR) is 92.6 cm³/mol. The van der Waals surface area contributed by atoms with E-state index in [0.29, 0.717) is 6.42 Å². The minimum atomic E-state index is -0.488. The molecule has 1 aliphatic rings. The molecule has 25 heavy (non-hydrogen) atoms. The number of hydrogen-bond donors (Lipinski definition) is 4. The Hall–Kier alpha value is -2.99. The van der Waals surface area contributed by atoms with Crippen LogP contribution in [0.4, 0.5) is 0 Å². The van der Waals surface area contributed by atoms with Gasteiger partial charge in [-0.15, -0.1) is 0 Å². The van der Waals surface area contributed by atoms with Crippen LogP contribution in [-0.2, 0) is 16.0 Å². The van der Waals surface area contributed by atoms with Gasteiger partial charge in [-0.05, 0) is 29.3 Å². The summed E-state index contributed by atoms with van der Waals surface area (Å²) in [4.78, 5) is 15.6. The van der Waals surface area contributed by atoms with Gasteiger partial charge in [0.1, 0.15) is 6.04 Å². The molecular formula is C19H18N2O4. The van der Waals surface area contributed by atoms with Crippen molar-refractivity contribution in [2.75, 3.05) is 7.11 Å². The molecule has 2 atom stereocenters. The Bertz CT molecular complexity index is 963. The smallest absolute Gasteiger partial charge is 0.323 e. The zero-order chi connectivity index (χ0) is 17.6. The first-order valence-electron chi connectivity index (χ1n) is 8.03. The summed E-state index contributed by atoms with van der Waals surface area (Å²) in [6.07, 6.45) is 0.520. The maximum absolute atomic E-state index is 12.1. The van der Waals surface area contributed by atoms with E-state index in [1.165, 1.54) is 19.2 Å². The number of phenolic OH excluding ortho intramolecular Hbond substituents is 2. The van der Waals surface area contributed by atoms with Gasteiger partial charge in [-0.2, -0.15) is 0 Å². The molecule has 1 aliphatic heterocycles. The van der Waals surface area contributed by atoms with Crippen molar-refractivity contribution in [1.29, 1.82) is 0 Å². The molecule has 0 saturated heterocycles. The Labute approximate surface area is 144 Å². The van der Waals surface area contributed by atoms with Crippen LogP contribution in [0.1, 0.15) is 22.9 Å². The molecule has 1 unspecified atom stereocenters. The molecule has 0 amide bonds. The van der Waals surface area contributed by atoms with Crippen molar-refractivity contribution < 1.29 is 19.7 Å². The van der Waals surface area contributed by atoms with Crippen molar-refractivity contribution >= 4 is 16.9 Å². The summed E-state index contributed by atoms with van der Waals surface area (Å²) in [5.41, 5.74) is 3.75. The Kier molecular flexibility index (Phi) is 3.62. The number of nitrogens with one attached hydrogen (secondary N) is 2. The lowest BCUT2D eigenvalue weighted by molar-refractivity contribution is -0.143. The molecule has 0 saturated carbocycles. The van der Waals surface area contributed by atoms with E-state index < -0.39 is 6.04 Å². The fourth-order valence-corrected chi connectivity index (χ4v) is 3.51. The van der Waals surface area contributed by atoms with Crippen LogP contribution < -0.4 is 5.32 Å². The number of ether oxygens (including phenoxy) is 1. The van der Waals surface area contributed by atoms with Gasteiger partial charge in [0, 0.05) is 23.0 Å². The molecule has 128 valence electrons. The molecule has 1 aromatic heterocycles. The molecule has 4 rings (SSSR count).